The number of benzene rings is 3. The molecule has 1 aromatic heterocycles. The molecule has 0 saturated carbocycles. The second-order valence-electron chi connectivity index (χ2n) is 10.3. The Hall–Kier alpha value is -3.02. The van der Waals surface area contributed by atoms with Crippen LogP contribution in [0.1, 0.15) is 25.3 Å². The highest BCUT2D eigenvalue weighted by molar-refractivity contribution is 6.08. The van der Waals surface area contributed by atoms with E-state index in [1.54, 1.807) is 7.11 Å². The van der Waals surface area contributed by atoms with Crippen molar-refractivity contribution in [1.29, 1.82) is 0 Å². The zero-order valence-corrected chi connectivity index (χ0v) is 21.7. The van der Waals surface area contributed by atoms with Gasteiger partial charge in [-0.1, -0.05) is 36.4 Å². The fourth-order valence-corrected chi connectivity index (χ4v) is 6.46. The molecule has 0 aliphatic carbocycles. The molecule has 36 heavy (non-hydrogen) atoms. The first-order valence-electron chi connectivity index (χ1n) is 13.6. The standard InChI is InChI=1S/C31H38N4O/c1-3-35-28-9-5-4-8-26(28)27-22-24(12-13-29(27)35)23-32-16-14-25(15-17-32)33-18-20-34(21-19-33)30-10-6-7-11-31(30)36-2/h4-13,22,25H,3,14-21,23H2,1-2H3. The lowest BCUT2D eigenvalue weighted by molar-refractivity contribution is 0.0998. The summed E-state index contributed by atoms with van der Waals surface area (Å²) >= 11 is 0. The Morgan fingerprint density at radius 1 is 0.778 bits per heavy atom. The van der Waals surface area contributed by atoms with Gasteiger partial charge in [0, 0.05) is 67.1 Å². The number of ether oxygens (including phenoxy) is 1. The Balaban J connectivity index is 1.06. The van der Waals surface area contributed by atoms with E-state index in [1.165, 1.54) is 59.0 Å². The molecule has 4 aromatic rings. The lowest BCUT2D eigenvalue weighted by atomic mass is 10.0. The third-order valence-corrected chi connectivity index (χ3v) is 8.37. The smallest absolute Gasteiger partial charge is 0.142 e. The summed E-state index contributed by atoms with van der Waals surface area (Å²) in [4.78, 5) is 7.87. The lowest BCUT2D eigenvalue weighted by Crippen LogP contribution is -2.53. The molecule has 3 aromatic carbocycles. The van der Waals surface area contributed by atoms with E-state index in [2.05, 4.69) is 86.9 Å². The first kappa shape index (κ1) is 23.4. The van der Waals surface area contributed by atoms with Crippen LogP contribution in [0, 0.1) is 0 Å². The molecule has 0 N–H and O–H groups in total. The third-order valence-electron chi connectivity index (χ3n) is 8.37. The molecule has 5 nitrogen and oxygen atoms in total. The van der Waals surface area contributed by atoms with Gasteiger partial charge in [-0.05, 0) is 68.8 Å². The quantitative estimate of drug-likeness (QED) is 0.357. The van der Waals surface area contributed by atoms with Crippen LogP contribution in [0.15, 0.2) is 66.7 Å². The first-order chi connectivity index (χ1) is 17.7. The summed E-state index contributed by atoms with van der Waals surface area (Å²) in [6.07, 6.45) is 2.54. The molecule has 0 unspecified atom stereocenters. The summed E-state index contributed by atoms with van der Waals surface area (Å²) in [5.74, 6) is 0.983. The molecule has 3 heterocycles. The zero-order valence-electron chi connectivity index (χ0n) is 21.7. The van der Waals surface area contributed by atoms with E-state index in [1.807, 2.05) is 6.07 Å². The number of rotatable bonds is 6. The first-order valence-corrected chi connectivity index (χ1v) is 13.6. The number of anilines is 1. The van der Waals surface area contributed by atoms with Crippen LogP contribution in [-0.2, 0) is 13.1 Å². The summed E-state index contributed by atoms with van der Waals surface area (Å²) in [6.45, 7) is 11.1. The average Bonchev–Trinajstić information content (AvgIpc) is 3.26. The molecule has 2 saturated heterocycles. The van der Waals surface area contributed by atoms with Crippen LogP contribution < -0.4 is 9.64 Å². The average molecular weight is 483 g/mol. The maximum absolute atomic E-state index is 5.59. The van der Waals surface area contributed by atoms with Crippen molar-refractivity contribution in [3.05, 3.63) is 72.3 Å². The van der Waals surface area contributed by atoms with Crippen molar-refractivity contribution in [2.45, 2.75) is 38.9 Å². The summed E-state index contributed by atoms with van der Waals surface area (Å²) in [6, 6.07) is 25.1. The molecule has 0 bridgehead atoms. The van der Waals surface area contributed by atoms with Crippen molar-refractivity contribution in [3.63, 3.8) is 0 Å². The van der Waals surface area contributed by atoms with Gasteiger partial charge in [0.05, 0.1) is 12.8 Å². The van der Waals surface area contributed by atoms with Crippen molar-refractivity contribution >= 4 is 27.5 Å². The maximum Gasteiger partial charge on any atom is 0.142 e. The van der Waals surface area contributed by atoms with E-state index < -0.39 is 0 Å². The minimum Gasteiger partial charge on any atom is -0.495 e. The Morgan fingerprint density at radius 2 is 1.50 bits per heavy atom. The molecule has 2 fully saturated rings. The van der Waals surface area contributed by atoms with E-state index in [4.69, 9.17) is 4.74 Å². The molecule has 0 amide bonds. The van der Waals surface area contributed by atoms with E-state index in [-0.39, 0.29) is 0 Å². The molecule has 0 atom stereocenters. The fourth-order valence-electron chi connectivity index (χ4n) is 6.46. The topological polar surface area (TPSA) is 23.9 Å². The maximum atomic E-state index is 5.59. The van der Waals surface area contributed by atoms with E-state index in [9.17, 15) is 0 Å². The summed E-state index contributed by atoms with van der Waals surface area (Å²) in [7, 11) is 1.77. The molecule has 0 radical (unpaired) electrons. The fraction of sp³-hybridized carbons (Fsp3) is 0.419. The number of aryl methyl sites for hydroxylation is 1. The van der Waals surface area contributed by atoms with Crippen LogP contribution in [0.2, 0.25) is 0 Å². The van der Waals surface area contributed by atoms with Crippen LogP contribution in [0.3, 0.4) is 0 Å². The van der Waals surface area contributed by atoms with Crippen molar-refractivity contribution in [2.24, 2.45) is 0 Å². The number of likely N-dealkylation sites (tertiary alicyclic amines) is 1. The number of hydrogen-bond acceptors (Lipinski definition) is 4. The number of aromatic nitrogens is 1. The van der Waals surface area contributed by atoms with Gasteiger partial charge in [-0.25, -0.2) is 0 Å². The Labute approximate surface area is 214 Å². The van der Waals surface area contributed by atoms with Crippen LogP contribution in [0.4, 0.5) is 5.69 Å². The Morgan fingerprint density at radius 3 is 2.28 bits per heavy atom. The predicted octanol–water partition coefficient (Wildman–Crippen LogP) is 5.61. The number of hydrogen-bond donors (Lipinski definition) is 0. The predicted molar refractivity (Wildman–Crippen MR) is 150 cm³/mol. The number of piperazine rings is 1. The van der Waals surface area contributed by atoms with Gasteiger partial charge in [0.1, 0.15) is 5.75 Å². The summed E-state index contributed by atoms with van der Waals surface area (Å²) < 4.78 is 8.03. The monoisotopic (exact) mass is 482 g/mol. The Bertz CT molecular complexity index is 1330. The van der Waals surface area contributed by atoms with Crippen molar-refractivity contribution < 1.29 is 4.74 Å². The minimum atomic E-state index is 0.714. The number of nitrogens with zero attached hydrogens (tertiary/aromatic N) is 4. The van der Waals surface area contributed by atoms with E-state index in [0.29, 0.717) is 6.04 Å². The van der Waals surface area contributed by atoms with Gasteiger partial charge < -0.3 is 14.2 Å². The minimum absolute atomic E-state index is 0.714. The summed E-state index contributed by atoms with van der Waals surface area (Å²) in [5.41, 5.74) is 5.37. The van der Waals surface area contributed by atoms with Gasteiger partial charge in [0.15, 0.2) is 0 Å². The van der Waals surface area contributed by atoms with Gasteiger partial charge in [0.2, 0.25) is 0 Å². The Kier molecular flexibility index (Phi) is 6.60. The second kappa shape index (κ2) is 10.2. The van der Waals surface area contributed by atoms with Crippen molar-refractivity contribution in [2.75, 3.05) is 51.3 Å². The van der Waals surface area contributed by atoms with Crippen LogP contribution >= 0.6 is 0 Å². The zero-order chi connectivity index (χ0) is 24.5. The van der Waals surface area contributed by atoms with Gasteiger partial charge in [-0.15, -0.1) is 0 Å². The highest BCUT2D eigenvalue weighted by Gasteiger charge is 2.28. The normalized spacial score (nSPS) is 18.3. The van der Waals surface area contributed by atoms with Crippen LogP contribution in [0.25, 0.3) is 21.8 Å². The molecule has 2 aliphatic heterocycles. The number of para-hydroxylation sites is 3. The lowest BCUT2D eigenvalue weighted by Gasteiger charge is -2.43. The molecule has 188 valence electrons. The van der Waals surface area contributed by atoms with E-state index >= 15 is 0 Å². The molecule has 0 spiro atoms. The number of methoxy groups -OCH3 is 1. The van der Waals surface area contributed by atoms with Crippen molar-refractivity contribution in [1.82, 2.24) is 14.4 Å². The molecule has 5 heteroatoms. The second-order valence-corrected chi connectivity index (χ2v) is 10.3. The van der Waals surface area contributed by atoms with Gasteiger partial charge in [-0.2, -0.15) is 0 Å². The number of fused-ring (bicyclic) bond motifs is 3. The molecule has 2 aliphatic rings. The number of piperidine rings is 1. The van der Waals surface area contributed by atoms with E-state index in [0.717, 1.165) is 45.0 Å². The highest BCUT2D eigenvalue weighted by atomic mass is 16.5. The van der Waals surface area contributed by atoms with Gasteiger partial charge >= 0.3 is 0 Å². The highest BCUT2D eigenvalue weighted by Crippen LogP contribution is 2.31. The molecular formula is C31H38N4O. The summed E-state index contributed by atoms with van der Waals surface area (Å²) in [5, 5.41) is 2.77. The molecule has 6 rings (SSSR count). The van der Waals surface area contributed by atoms with Gasteiger partial charge in [0.25, 0.3) is 0 Å². The molecular weight excluding hydrogens is 444 g/mol. The van der Waals surface area contributed by atoms with Crippen LogP contribution in [0.5, 0.6) is 5.75 Å². The van der Waals surface area contributed by atoms with Crippen molar-refractivity contribution in [3.8, 4) is 5.75 Å². The van der Waals surface area contributed by atoms with Crippen LogP contribution in [-0.4, -0.2) is 66.8 Å². The van der Waals surface area contributed by atoms with Gasteiger partial charge in [-0.3, -0.25) is 9.80 Å². The SMILES string of the molecule is CCn1c2ccccc2c2cc(CN3CCC(N4CCN(c5ccccc5OC)CC4)CC3)ccc21. The largest absolute Gasteiger partial charge is 0.495 e. The third kappa shape index (κ3) is 4.35.